The van der Waals surface area contributed by atoms with Crippen molar-refractivity contribution in [3.8, 4) is 0 Å². The van der Waals surface area contributed by atoms with Crippen LogP contribution in [0.5, 0.6) is 0 Å². The van der Waals surface area contributed by atoms with Gasteiger partial charge in [-0.3, -0.25) is 4.79 Å². The van der Waals surface area contributed by atoms with Gasteiger partial charge in [0.15, 0.2) is 5.82 Å². The molecule has 1 aliphatic rings. The van der Waals surface area contributed by atoms with Gasteiger partial charge in [-0.05, 0) is 19.3 Å². The number of alkyl halides is 1. The van der Waals surface area contributed by atoms with E-state index in [1.54, 1.807) is 19.4 Å². The highest BCUT2D eigenvalue weighted by Gasteiger charge is 2.36. The third kappa shape index (κ3) is 1.86. The Bertz CT molecular complexity index is 406. The van der Waals surface area contributed by atoms with Gasteiger partial charge in [0, 0.05) is 25.3 Å². The van der Waals surface area contributed by atoms with Crippen LogP contribution in [0, 0.1) is 0 Å². The number of anilines is 1. The van der Waals surface area contributed by atoms with Crippen molar-refractivity contribution >= 4 is 17.4 Å². The Morgan fingerprint density at radius 3 is 2.93 bits per heavy atom. The molecule has 0 unspecified atom stereocenters. The van der Waals surface area contributed by atoms with Gasteiger partial charge in [-0.2, -0.15) is 0 Å². The Kier molecular flexibility index (Phi) is 2.69. The zero-order valence-electron chi connectivity index (χ0n) is 8.66. The van der Waals surface area contributed by atoms with Crippen LogP contribution in [-0.2, 0) is 7.05 Å². The lowest BCUT2D eigenvalue weighted by molar-refractivity contribution is 0.309. The van der Waals surface area contributed by atoms with E-state index in [1.165, 1.54) is 4.57 Å². The van der Waals surface area contributed by atoms with E-state index in [4.69, 9.17) is 11.6 Å². The van der Waals surface area contributed by atoms with Crippen molar-refractivity contribution in [2.75, 3.05) is 11.2 Å². The number of rotatable bonds is 3. The van der Waals surface area contributed by atoms with Crippen molar-refractivity contribution in [3.05, 3.63) is 22.7 Å². The van der Waals surface area contributed by atoms with Crippen molar-refractivity contribution in [1.29, 1.82) is 0 Å². The third-order valence-corrected chi connectivity index (χ3v) is 3.48. The predicted octanol–water partition coefficient (Wildman–Crippen LogP) is 1.35. The molecule has 1 heterocycles. The first kappa shape index (κ1) is 10.5. The summed E-state index contributed by atoms with van der Waals surface area (Å²) in [5.41, 5.74) is -0.212. The summed E-state index contributed by atoms with van der Waals surface area (Å²) in [5.74, 6) is 0.924. The molecule has 1 aromatic rings. The summed E-state index contributed by atoms with van der Waals surface area (Å²) in [7, 11) is 1.71. The molecule has 15 heavy (non-hydrogen) atoms. The van der Waals surface area contributed by atoms with Crippen LogP contribution in [0.1, 0.15) is 19.3 Å². The second-order valence-electron chi connectivity index (χ2n) is 4.08. The molecule has 1 N–H and O–H groups in total. The molecule has 0 spiro atoms. The first-order valence-corrected chi connectivity index (χ1v) is 5.56. The lowest BCUT2D eigenvalue weighted by Crippen LogP contribution is -2.48. The number of hydrogen-bond donors (Lipinski definition) is 1. The number of hydrogen-bond acceptors (Lipinski definition) is 3. The van der Waals surface area contributed by atoms with Gasteiger partial charge in [0.05, 0.1) is 5.54 Å². The Balaban J connectivity index is 2.24. The first-order valence-electron chi connectivity index (χ1n) is 5.03. The van der Waals surface area contributed by atoms with E-state index in [9.17, 15) is 4.79 Å². The average molecular weight is 228 g/mol. The van der Waals surface area contributed by atoms with E-state index in [0.717, 1.165) is 19.3 Å². The molecule has 4 nitrogen and oxygen atoms in total. The maximum Gasteiger partial charge on any atom is 0.293 e. The molecular weight excluding hydrogens is 214 g/mol. The van der Waals surface area contributed by atoms with Gasteiger partial charge in [-0.15, -0.1) is 11.6 Å². The van der Waals surface area contributed by atoms with Crippen LogP contribution in [0.15, 0.2) is 17.2 Å². The molecule has 1 aliphatic carbocycles. The van der Waals surface area contributed by atoms with Crippen LogP contribution >= 0.6 is 11.6 Å². The number of nitrogens with zero attached hydrogens (tertiary/aromatic N) is 2. The standard InChI is InChI=1S/C10H14ClN3O/c1-14-6-5-12-8(9(14)15)13-10(7-11)3-2-4-10/h5-6H,2-4,7H2,1H3,(H,12,13). The lowest BCUT2D eigenvalue weighted by atomic mass is 9.78. The molecule has 0 aliphatic heterocycles. The zero-order valence-corrected chi connectivity index (χ0v) is 9.42. The number of halogens is 1. The van der Waals surface area contributed by atoms with Crippen molar-refractivity contribution < 1.29 is 0 Å². The fourth-order valence-electron chi connectivity index (χ4n) is 1.73. The second kappa shape index (κ2) is 3.85. The molecule has 1 fully saturated rings. The van der Waals surface area contributed by atoms with Crippen molar-refractivity contribution in [1.82, 2.24) is 9.55 Å². The predicted molar refractivity (Wildman–Crippen MR) is 60.4 cm³/mol. The summed E-state index contributed by atoms with van der Waals surface area (Å²) in [6.07, 6.45) is 6.44. The molecule has 0 amide bonds. The van der Waals surface area contributed by atoms with Crippen molar-refractivity contribution in [2.45, 2.75) is 24.8 Å². The average Bonchev–Trinajstić information content (AvgIpc) is 2.18. The minimum Gasteiger partial charge on any atom is -0.359 e. The van der Waals surface area contributed by atoms with E-state index in [-0.39, 0.29) is 11.1 Å². The fourth-order valence-corrected chi connectivity index (χ4v) is 2.06. The van der Waals surface area contributed by atoms with Gasteiger partial charge in [-0.25, -0.2) is 4.98 Å². The van der Waals surface area contributed by atoms with Gasteiger partial charge in [-0.1, -0.05) is 0 Å². The van der Waals surface area contributed by atoms with E-state index in [2.05, 4.69) is 10.3 Å². The molecule has 0 saturated heterocycles. The topological polar surface area (TPSA) is 46.9 Å². The number of aromatic nitrogens is 2. The van der Waals surface area contributed by atoms with Gasteiger partial charge in [0.2, 0.25) is 0 Å². The molecule has 0 radical (unpaired) electrons. The zero-order chi connectivity index (χ0) is 10.9. The smallest absolute Gasteiger partial charge is 0.293 e. The van der Waals surface area contributed by atoms with Crippen LogP contribution in [-0.4, -0.2) is 21.0 Å². The highest BCUT2D eigenvalue weighted by atomic mass is 35.5. The largest absolute Gasteiger partial charge is 0.359 e. The van der Waals surface area contributed by atoms with Crippen molar-refractivity contribution in [2.24, 2.45) is 7.05 Å². The summed E-state index contributed by atoms with van der Waals surface area (Å²) in [5, 5.41) is 3.17. The molecule has 1 aromatic heterocycles. The highest BCUT2D eigenvalue weighted by molar-refractivity contribution is 6.18. The molecule has 5 heteroatoms. The van der Waals surface area contributed by atoms with Crippen molar-refractivity contribution in [3.63, 3.8) is 0 Å². The SMILES string of the molecule is Cn1ccnc(NC2(CCl)CCC2)c1=O. The van der Waals surface area contributed by atoms with Gasteiger partial charge < -0.3 is 9.88 Å². The lowest BCUT2D eigenvalue weighted by Gasteiger charge is -2.41. The highest BCUT2D eigenvalue weighted by Crippen LogP contribution is 2.35. The Morgan fingerprint density at radius 2 is 2.40 bits per heavy atom. The van der Waals surface area contributed by atoms with E-state index in [1.807, 2.05) is 0 Å². The Labute approximate surface area is 93.3 Å². The molecule has 1 saturated carbocycles. The third-order valence-electron chi connectivity index (χ3n) is 2.97. The van der Waals surface area contributed by atoms with Crippen LogP contribution < -0.4 is 10.9 Å². The normalized spacial score (nSPS) is 18.3. The minimum absolute atomic E-state index is 0.103. The summed E-state index contributed by atoms with van der Waals surface area (Å²) < 4.78 is 1.51. The number of aryl methyl sites for hydroxylation is 1. The maximum absolute atomic E-state index is 11.7. The van der Waals surface area contributed by atoms with Crippen LogP contribution in [0.25, 0.3) is 0 Å². The second-order valence-corrected chi connectivity index (χ2v) is 4.35. The van der Waals surface area contributed by atoms with E-state index >= 15 is 0 Å². The quantitative estimate of drug-likeness (QED) is 0.794. The summed E-state index contributed by atoms with van der Waals surface area (Å²) in [6, 6.07) is 0. The van der Waals surface area contributed by atoms with Crippen LogP contribution in [0.4, 0.5) is 5.82 Å². The molecule has 2 rings (SSSR count). The van der Waals surface area contributed by atoms with Gasteiger partial charge in [0.25, 0.3) is 5.56 Å². The fraction of sp³-hybridized carbons (Fsp3) is 0.600. The van der Waals surface area contributed by atoms with Gasteiger partial charge in [0.1, 0.15) is 0 Å². The van der Waals surface area contributed by atoms with Crippen LogP contribution in [0.3, 0.4) is 0 Å². The number of nitrogens with one attached hydrogen (secondary N) is 1. The monoisotopic (exact) mass is 227 g/mol. The molecule has 0 atom stereocenters. The van der Waals surface area contributed by atoms with Gasteiger partial charge >= 0.3 is 0 Å². The Hall–Kier alpha value is -1.03. The molecule has 0 bridgehead atoms. The maximum atomic E-state index is 11.7. The molecule has 0 aromatic carbocycles. The summed E-state index contributed by atoms with van der Waals surface area (Å²) in [6.45, 7) is 0. The Morgan fingerprint density at radius 1 is 1.67 bits per heavy atom. The van der Waals surface area contributed by atoms with E-state index in [0.29, 0.717) is 11.7 Å². The molecule has 82 valence electrons. The minimum atomic E-state index is -0.109. The first-order chi connectivity index (χ1) is 7.17. The molecular formula is C10H14ClN3O. The van der Waals surface area contributed by atoms with Crippen LogP contribution in [0.2, 0.25) is 0 Å². The summed E-state index contributed by atoms with van der Waals surface area (Å²) >= 11 is 5.90. The van der Waals surface area contributed by atoms with E-state index < -0.39 is 0 Å². The summed E-state index contributed by atoms with van der Waals surface area (Å²) in [4.78, 5) is 15.7.